The highest BCUT2D eigenvalue weighted by Crippen LogP contribution is 1.99. The topological polar surface area (TPSA) is 42.7 Å². The average molecular weight is 216 g/mol. The zero-order valence-electron chi connectivity index (χ0n) is 9.64. The lowest BCUT2D eigenvalue weighted by molar-refractivity contribution is 0.647. The van der Waals surface area contributed by atoms with Crippen LogP contribution in [0.2, 0.25) is 0 Å². The van der Waals surface area contributed by atoms with Crippen LogP contribution >= 0.6 is 0 Å². The second kappa shape index (κ2) is 4.90. The first kappa shape index (κ1) is 10.8. The van der Waals surface area contributed by atoms with Crippen molar-refractivity contribution in [3.05, 3.63) is 47.5 Å². The van der Waals surface area contributed by atoms with Crippen molar-refractivity contribution >= 4 is 0 Å². The van der Waals surface area contributed by atoms with Gasteiger partial charge in [0, 0.05) is 32.5 Å². The molecule has 0 saturated heterocycles. The summed E-state index contributed by atoms with van der Waals surface area (Å²) in [5.41, 5.74) is 3.30. The van der Waals surface area contributed by atoms with Gasteiger partial charge in [0.1, 0.15) is 0 Å². The SMILES string of the molecule is Cc1ccc(CNCc2ccn(C)n2)nc1. The first-order valence-electron chi connectivity index (χ1n) is 5.35. The van der Waals surface area contributed by atoms with E-state index in [2.05, 4.69) is 21.5 Å². The summed E-state index contributed by atoms with van der Waals surface area (Å²) in [5, 5.41) is 7.60. The highest BCUT2D eigenvalue weighted by molar-refractivity contribution is 5.12. The van der Waals surface area contributed by atoms with Crippen LogP contribution in [0.3, 0.4) is 0 Å². The fourth-order valence-electron chi connectivity index (χ4n) is 1.48. The molecule has 2 rings (SSSR count). The molecule has 0 aliphatic heterocycles. The van der Waals surface area contributed by atoms with Gasteiger partial charge in [0.25, 0.3) is 0 Å². The van der Waals surface area contributed by atoms with E-state index in [0.29, 0.717) is 0 Å². The van der Waals surface area contributed by atoms with E-state index in [-0.39, 0.29) is 0 Å². The van der Waals surface area contributed by atoms with Crippen LogP contribution in [0.1, 0.15) is 17.0 Å². The van der Waals surface area contributed by atoms with Crippen LogP contribution < -0.4 is 5.32 Å². The van der Waals surface area contributed by atoms with Crippen LogP contribution in [0.5, 0.6) is 0 Å². The molecule has 0 spiro atoms. The molecule has 2 aromatic heterocycles. The maximum atomic E-state index is 4.33. The van der Waals surface area contributed by atoms with E-state index in [1.165, 1.54) is 5.56 Å². The van der Waals surface area contributed by atoms with Gasteiger partial charge in [-0.25, -0.2) is 0 Å². The van der Waals surface area contributed by atoms with E-state index in [1.54, 1.807) is 4.68 Å². The second-order valence-electron chi connectivity index (χ2n) is 3.91. The minimum absolute atomic E-state index is 0.774. The Hall–Kier alpha value is -1.68. The Kier molecular flexibility index (Phi) is 3.31. The van der Waals surface area contributed by atoms with Crippen LogP contribution in [0.15, 0.2) is 30.6 Å². The molecule has 1 N–H and O–H groups in total. The minimum Gasteiger partial charge on any atom is -0.305 e. The molecule has 0 fully saturated rings. The zero-order chi connectivity index (χ0) is 11.4. The lowest BCUT2D eigenvalue weighted by atomic mass is 10.3. The largest absolute Gasteiger partial charge is 0.305 e. The molecular formula is C12H16N4. The third kappa shape index (κ3) is 2.90. The lowest BCUT2D eigenvalue weighted by Gasteiger charge is -2.02. The predicted octanol–water partition coefficient (Wildman–Crippen LogP) is 1.41. The molecule has 16 heavy (non-hydrogen) atoms. The van der Waals surface area contributed by atoms with Gasteiger partial charge in [0.05, 0.1) is 11.4 Å². The van der Waals surface area contributed by atoms with Gasteiger partial charge in [0.2, 0.25) is 0 Å². The van der Waals surface area contributed by atoms with Crippen molar-refractivity contribution in [3.63, 3.8) is 0 Å². The van der Waals surface area contributed by atoms with Crippen LogP contribution in [-0.2, 0) is 20.1 Å². The Bertz CT molecular complexity index is 444. The van der Waals surface area contributed by atoms with Crippen molar-refractivity contribution < 1.29 is 0 Å². The molecule has 4 nitrogen and oxygen atoms in total. The monoisotopic (exact) mass is 216 g/mol. The molecule has 0 aliphatic rings. The van der Waals surface area contributed by atoms with Gasteiger partial charge in [-0.15, -0.1) is 0 Å². The van der Waals surface area contributed by atoms with Crippen molar-refractivity contribution in [1.82, 2.24) is 20.1 Å². The maximum absolute atomic E-state index is 4.33. The number of rotatable bonds is 4. The molecule has 0 radical (unpaired) electrons. The normalized spacial score (nSPS) is 10.6. The number of hydrogen-bond acceptors (Lipinski definition) is 3. The summed E-state index contributed by atoms with van der Waals surface area (Å²) in [6.07, 6.45) is 3.83. The van der Waals surface area contributed by atoms with Crippen molar-refractivity contribution in [2.75, 3.05) is 0 Å². The smallest absolute Gasteiger partial charge is 0.0762 e. The molecule has 0 aliphatic carbocycles. The number of hydrogen-bond donors (Lipinski definition) is 1. The van der Waals surface area contributed by atoms with E-state index in [1.807, 2.05) is 38.5 Å². The van der Waals surface area contributed by atoms with E-state index >= 15 is 0 Å². The van der Waals surface area contributed by atoms with Crippen molar-refractivity contribution in [2.45, 2.75) is 20.0 Å². The summed E-state index contributed by atoms with van der Waals surface area (Å²) in [7, 11) is 1.92. The Morgan fingerprint density at radius 3 is 2.62 bits per heavy atom. The Morgan fingerprint density at radius 1 is 1.19 bits per heavy atom. The number of aromatic nitrogens is 3. The third-order valence-corrected chi connectivity index (χ3v) is 2.35. The molecule has 2 aromatic rings. The van der Waals surface area contributed by atoms with Gasteiger partial charge < -0.3 is 5.32 Å². The van der Waals surface area contributed by atoms with Gasteiger partial charge in [-0.2, -0.15) is 5.10 Å². The highest BCUT2D eigenvalue weighted by Gasteiger charge is 1.97. The molecule has 0 saturated carbocycles. The third-order valence-electron chi connectivity index (χ3n) is 2.35. The molecule has 0 unspecified atom stereocenters. The second-order valence-corrected chi connectivity index (χ2v) is 3.91. The van der Waals surface area contributed by atoms with Crippen LogP contribution in [0, 0.1) is 6.92 Å². The first-order valence-corrected chi connectivity index (χ1v) is 5.35. The van der Waals surface area contributed by atoms with Crippen LogP contribution in [-0.4, -0.2) is 14.8 Å². The lowest BCUT2D eigenvalue weighted by Crippen LogP contribution is -2.14. The molecule has 0 amide bonds. The molecule has 0 aromatic carbocycles. The van der Waals surface area contributed by atoms with Gasteiger partial charge in [-0.1, -0.05) is 6.07 Å². The van der Waals surface area contributed by atoms with Gasteiger partial charge in [-0.05, 0) is 24.6 Å². The maximum Gasteiger partial charge on any atom is 0.0762 e. The summed E-state index contributed by atoms with van der Waals surface area (Å²) in [6, 6.07) is 6.13. The molecule has 84 valence electrons. The molecule has 4 heteroatoms. The molecule has 0 bridgehead atoms. The molecular weight excluding hydrogens is 200 g/mol. The van der Waals surface area contributed by atoms with Crippen LogP contribution in [0.25, 0.3) is 0 Å². The number of aryl methyl sites for hydroxylation is 2. The van der Waals surface area contributed by atoms with Crippen molar-refractivity contribution in [3.8, 4) is 0 Å². The van der Waals surface area contributed by atoms with Crippen LogP contribution in [0.4, 0.5) is 0 Å². The van der Waals surface area contributed by atoms with Gasteiger partial charge in [-0.3, -0.25) is 9.67 Å². The van der Waals surface area contributed by atoms with E-state index in [9.17, 15) is 0 Å². The number of pyridine rings is 1. The van der Waals surface area contributed by atoms with E-state index in [0.717, 1.165) is 24.5 Å². The quantitative estimate of drug-likeness (QED) is 0.840. The number of nitrogens with zero attached hydrogens (tertiary/aromatic N) is 3. The van der Waals surface area contributed by atoms with Gasteiger partial charge >= 0.3 is 0 Å². The van der Waals surface area contributed by atoms with Crippen molar-refractivity contribution in [2.24, 2.45) is 7.05 Å². The standard InChI is InChI=1S/C12H16N4/c1-10-3-4-11(14-7-10)8-13-9-12-5-6-16(2)15-12/h3-7,13H,8-9H2,1-2H3. The fourth-order valence-corrected chi connectivity index (χ4v) is 1.48. The minimum atomic E-state index is 0.774. The summed E-state index contributed by atoms with van der Waals surface area (Å²) < 4.78 is 1.81. The van der Waals surface area contributed by atoms with E-state index < -0.39 is 0 Å². The fraction of sp³-hybridized carbons (Fsp3) is 0.333. The number of nitrogens with one attached hydrogen (secondary N) is 1. The Labute approximate surface area is 95.3 Å². The average Bonchev–Trinajstić information content (AvgIpc) is 2.67. The summed E-state index contributed by atoms with van der Waals surface area (Å²) in [4.78, 5) is 4.33. The zero-order valence-corrected chi connectivity index (χ0v) is 9.64. The summed E-state index contributed by atoms with van der Waals surface area (Å²) >= 11 is 0. The van der Waals surface area contributed by atoms with E-state index in [4.69, 9.17) is 0 Å². The predicted molar refractivity (Wildman–Crippen MR) is 62.7 cm³/mol. The first-order chi connectivity index (χ1) is 7.74. The molecule has 0 atom stereocenters. The summed E-state index contributed by atoms with van der Waals surface area (Å²) in [6.45, 7) is 3.59. The summed E-state index contributed by atoms with van der Waals surface area (Å²) in [5.74, 6) is 0. The molecule has 2 heterocycles. The van der Waals surface area contributed by atoms with Crippen molar-refractivity contribution in [1.29, 1.82) is 0 Å². The van der Waals surface area contributed by atoms with Gasteiger partial charge in [0.15, 0.2) is 0 Å². The highest BCUT2D eigenvalue weighted by atomic mass is 15.3. The Balaban J connectivity index is 1.82. The Morgan fingerprint density at radius 2 is 2.00 bits per heavy atom.